The number of carbonyl (C=O) groups excluding carboxylic acids is 2. The largest absolute Gasteiger partial charge is 0.381 e. The number of hydrogen-bond donors (Lipinski definition) is 0. The highest BCUT2D eigenvalue weighted by molar-refractivity contribution is 9.10. The van der Waals surface area contributed by atoms with Crippen molar-refractivity contribution in [1.29, 1.82) is 0 Å². The second-order valence-electron chi connectivity index (χ2n) is 6.50. The van der Waals surface area contributed by atoms with E-state index in [9.17, 15) is 9.59 Å². The Labute approximate surface area is 163 Å². The molecule has 0 aromatic heterocycles. The average molecular weight is 421 g/mol. The molecular formula is C21H13BrN2O3. The van der Waals surface area contributed by atoms with Crippen molar-refractivity contribution < 1.29 is 14.4 Å². The first kappa shape index (κ1) is 16.2. The zero-order valence-corrected chi connectivity index (χ0v) is 15.6. The first-order valence-corrected chi connectivity index (χ1v) is 9.30. The molecule has 0 radical (unpaired) electrons. The molecule has 0 bridgehead atoms. The molecule has 2 aliphatic heterocycles. The van der Waals surface area contributed by atoms with E-state index in [4.69, 9.17) is 4.84 Å². The highest BCUT2D eigenvalue weighted by Gasteiger charge is 2.56. The predicted molar refractivity (Wildman–Crippen MR) is 105 cm³/mol. The van der Waals surface area contributed by atoms with E-state index in [1.54, 1.807) is 6.07 Å². The van der Waals surface area contributed by atoms with Crippen LogP contribution in [0.15, 0.2) is 76.4 Å². The molecule has 27 heavy (non-hydrogen) atoms. The first-order valence-electron chi connectivity index (χ1n) is 8.50. The van der Waals surface area contributed by atoms with Crippen LogP contribution < -0.4 is 4.90 Å². The van der Waals surface area contributed by atoms with Crippen molar-refractivity contribution in [3.05, 3.63) is 76.8 Å². The minimum absolute atomic E-state index is 0.305. The number of imide groups is 1. The minimum Gasteiger partial charge on any atom is -0.381 e. The number of benzene rings is 3. The molecule has 6 heteroatoms. The van der Waals surface area contributed by atoms with E-state index in [0.29, 0.717) is 11.4 Å². The van der Waals surface area contributed by atoms with Crippen LogP contribution in [0.4, 0.5) is 5.69 Å². The van der Waals surface area contributed by atoms with Gasteiger partial charge in [-0.25, -0.2) is 4.90 Å². The monoisotopic (exact) mass is 420 g/mol. The molecule has 1 saturated heterocycles. The van der Waals surface area contributed by atoms with Crippen LogP contribution in [0.1, 0.15) is 5.56 Å². The quantitative estimate of drug-likeness (QED) is 0.590. The number of halogens is 1. The zero-order valence-electron chi connectivity index (χ0n) is 14.0. The molecule has 2 amide bonds. The van der Waals surface area contributed by atoms with E-state index in [1.807, 2.05) is 60.7 Å². The Kier molecular flexibility index (Phi) is 3.62. The predicted octanol–water partition coefficient (Wildman–Crippen LogP) is 3.89. The number of anilines is 1. The highest BCUT2D eigenvalue weighted by Crippen LogP contribution is 2.37. The molecule has 3 aromatic rings. The molecule has 5 nitrogen and oxygen atoms in total. The van der Waals surface area contributed by atoms with Crippen LogP contribution in [0.3, 0.4) is 0 Å². The van der Waals surface area contributed by atoms with Gasteiger partial charge in [0.15, 0.2) is 0 Å². The van der Waals surface area contributed by atoms with Gasteiger partial charge in [0.1, 0.15) is 11.6 Å². The molecule has 2 aliphatic rings. The van der Waals surface area contributed by atoms with Crippen molar-refractivity contribution in [2.75, 3.05) is 4.90 Å². The summed E-state index contributed by atoms with van der Waals surface area (Å²) in [6, 6.07) is 20.7. The second kappa shape index (κ2) is 6.03. The SMILES string of the molecule is O=C1[C@H]2C(c3ccc(Br)cc3)=NO[C@@H]2C(=O)N1c1cccc2ccccc12. The van der Waals surface area contributed by atoms with Gasteiger partial charge in [0.05, 0.1) is 5.69 Å². The molecule has 132 valence electrons. The number of rotatable bonds is 2. The van der Waals surface area contributed by atoms with Crippen LogP contribution in [0.25, 0.3) is 10.8 Å². The van der Waals surface area contributed by atoms with E-state index in [-0.39, 0.29) is 11.8 Å². The fourth-order valence-electron chi connectivity index (χ4n) is 3.68. The molecule has 1 fully saturated rings. The number of fused-ring (bicyclic) bond motifs is 2. The molecule has 2 heterocycles. The van der Waals surface area contributed by atoms with Gasteiger partial charge in [-0.05, 0) is 23.6 Å². The number of carbonyl (C=O) groups is 2. The van der Waals surface area contributed by atoms with Crippen molar-refractivity contribution in [2.45, 2.75) is 6.10 Å². The summed E-state index contributed by atoms with van der Waals surface area (Å²) in [6.07, 6.45) is -0.907. The Balaban J connectivity index is 1.58. The van der Waals surface area contributed by atoms with Gasteiger partial charge in [-0.15, -0.1) is 0 Å². The van der Waals surface area contributed by atoms with Crippen molar-refractivity contribution >= 4 is 49.9 Å². The molecule has 0 unspecified atom stereocenters. The molecule has 0 N–H and O–H groups in total. The van der Waals surface area contributed by atoms with Crippen LogP contribution >= 0.6 is 15.9 Å². The second-order valence-corrected chi connectivity index (χ2v) is 7.41. The van der Waals surface area contributed by atoms with Crippen molar-refractivity contribution in [2.24, 2.45) is 11.1 Å². The van der Waals surface area contributed by atoms with Gasteiger partial charge in [-0.1, -0.05) is 69.6 Å². The van der Waals surface area contributed by atoms with Gasteiger partial charge in [-0.3, -0.25) is 9.59 Å². The van der Waals surface area contributed by atoms with Gasteiger partial charge >= 0.3 is 0 Å². The van der Waals surface area contributed by atoms with Crippen molar-refractivity contribution in [3.63, 3.8) is 0 Å². The summed E-state index contributed by atoms with van der Waals surface area (Å²) < 4.78 is 0.925. The lowest BCUT2D eigenvalue weighted by Crippen LogP contribution is -2.33. The van der Waals surface area contributed by atoms with Crippen LogP contribution in [0.5, 0.6) is 0 Å². The van der Waals surface area contributed by atoms with E-state index in [2.05, 4.69) is 21.1 Å². The lowest BCUT2D eigenvalue weighted by atomic mass is 9.94. The number of nitrogens with zero attached hydrogens (tertiary/aromatic N) is 2. The fourth-order valence-corrected chi connectivity index (χ4v) is 3.94. The van der Waals surface area contributed by atoms with E-state index in [1.165, 1.54) is 4.90 Å². The van der Waals surface area contributed by atoms with Gasteiger partial charge < -0.3 is 4.84 Å². The third-order valence-electron chi connectivity index (χ3n) is 4.96. The van der Waals surface area contributed by atoms with Gasteiger partial charge in [0, 0.05) is 15.4 Å². The summed E-state index contributed by atoms with van der Waals surface area (Å²) in [5.41, 5.74) is 1.84. The maximum atomic E-state index is 13.2. The Morgan fingerprint density at radius 3 is 2.44 bits per heavy atom. The number of amides is 2. The molecule has 2 atom stereocenters. The smallest absolute Gasteiger partial charge is 0.278 e. The van der Waals surface area contributed by atoms with Crippen molar-refractivity contribution in [3.8, 4) is 0 Å². The van der Waals surface area contributed by atoms with E-state index >= 15 is 0 Å². The van der Waals surface area contributed by atoms with Crippen molar-refractivity contribution in [1.82, 2.24) is 0 Å². The van der Waals surface area contributed by atoms with Crippen LogP contribution in [-0.2, 0) is 14.4 Å². The molecular weight excluding hydrogens is 408 g/mol. The summed E-state index contributed by atoms with van der Waals surface area (Å²) in [5.74, 6) is -1.41. The maximum absolute atomic E-state index is 13.2. The summed E-state index contributed by atoms with van der Waals surface area (Å²) in [6.45, 7) is 0. The standard InChI is InChI=1S/C21H13BrN2O3/c22-14-10-8-13(9-11-14)18-17-19(27-23-18)21(26)24(20(17)25)16-7-3-5-12-4-1-2-6-15(12)16/h1-11,17,19H/t17-,19-/m0/s1. The lowest BCUT2D eigenvalue weighted by molar-refractivity contribution is -0.126. The van der Waals surface area contributed by atoms with E-state index in [0.717, 1.165) is 20.8 Å². The normalized spacial score (nSPS) is 21.4. The van der Waals surface area contributed by atoms with E-state index < -0.39 is 12.0 Å². The Bertz CT molecular complexity index is 1120. The molecule has 0 saturated carbocycles. The lowest BCUT2D eigenvalue weighted by Gasteiger charge is -2.17. The third-order valence-corrected chi connectivity index (χ3v) is 5.49. The third kappa shape index (κ3) is 2.40. The first-order chi connectivity index (χ1) is 13.1. The summed E-state index contributed by atoms with van der Waals surface area (Å²) in [4.78, 5) is 32.8. The topological polar surface area (TPSA) is 59.0 Å². The Morgan fingerprint density at radius 2 is 1.63 bits per heavy atom. The highest BCUT2D eigenvalue weighted by atomic mass is 79.9. The Morgan fingerprint density at radius 1 is 0.889 bits per heavy atom. The molecule has 3 aromatic carbocycles. The fraction of sp³-hybridized carbons (Fsp3) is 0.0952. The summed E-state index contributed by atoms with van der Waals surface area (Å²) >= 11 is 3.39. The van der Waals surface area contributed by atoms with Gasteiger partial charge in [0.2, 0.25) is 12.0 Å². The number of hydrogen-bond acceptors (Lipinski definition) is 4. The average Bonchev–Trinajstić information content (AvgIpc) is 3.23. The molecule has 0 aliphatic carbocycles. The van der Waals surface area contributed by atoms with Gasteiger partial charge in [-0.2, -0.15) is 0 Å². The zero-order chi connectivity index (χ0) is 18.5. The minimum atomic E-state index is -0.907. The van der Waals surface area contributed by atoms with Crippen LogP contribution in [-0.4, -0.2) is 23.6 Å². The molecule has 5 rings (SSSR count). The number of oxime groups is 1. The van der Waals surface area contributed by atoms with Crippen LogP contribution in [0, 0.1) is 5.92 Å². The summed E-state index contributed by atoms with van der Waals surface area (Å²) in [7, 11) is 0. The maximum Gasteiger partial charge on any atom is 0.278 e. The molecule has 0 spiro atoms. The van der Waals surface area contributed by atoms with Crippen LogP contribution in [0.2, 0.25) is 0 Å². The Hall–Kier alpha value is -2.99. The van der Waals surface area contributed by atoms with Gasteiger partial charge in [0.25, 0.3) is 5.91 Å². The summed E-state index contributed by atoms with van der Waals surface area (Å²) in [5, 5.41) is 5.86.